The zero-order chi connectivity index (χ0) is 26.2. The van der Waals surface area contributed by atoms with Crippen molar-refractivity contribution in [1.82, 2.24) is 4.98 Å². The fourth-order valence-electron chi connectivity index (χ4n) is 4.57. The van der Waals surface area contributed by atoms with Crippen LogP contribution in [0.2, 0.25) is 0 Å². The van der Waals surface area contributed by atoms with Crippen LogP contribution in [0, 0.1) is 0 Å². The monoisotopic (exact) mass is 527 g/mol. The number of rotatable bonds is 8. The Morgan fingerprint density at radius 2 is 1.57 bits per heavy atom. The van der Waals surface area contributed by atoms with Crippen molar-refractivity contribution in [3.8, 4) is 17.4 Å². The third kappa shape index (κ3) is 5.00. The maximum Gasteiger partial charge on any atom is 0.479 e. The van der Waals surface area contributed by atoms with Crippen LogP contribution in [0.1, 0.15) is 30.2 Å². The molecule has 0 radical (unpaired) electrons. The van der Waals surface area contributed by atoms with Crippen molar-refractivity contribution >= 4 is 44.8 Å². The summed E-state index contributed by atoms with van der Waals surface area (Å²) in [6, 6.07) is 17.1. The summed E-state index contributed by atoms with van der Waals surface area (Å²) in [5.74, 6) is 0.919. The van der Waals surface area contributed by atoms with E-state index in [1.807, 2.05) is 55.5 Å². The van der Waals surface area contributed by atoms with Crippen molar-refractivity contribution in [2.75, 3.05) is 14.2 Å². The number of hydrogen-bond donors (Lipinski definition) is 0. The Kier molecular flexibility index (Phi) is 6.81. The minimum absolute atomic E-state index is 0.0670. The summed E-state index contributed by atoms with van der Waals surface area (Å²) in [6.45, 7) is 1.98. The molecule has 0 unspecified atom stereocenters. The van der Waals surface area contributed by atoms with Gasteiger partial charge in [0.2, 0.25) is 5.88 Å². The highest BCUT2D eigenvalue weighted by Crippen LogP contribution is 2.41. The Morgan fingerprint density at radius 1 is 0.865 bits per heavy atom. The van der Waals surface area contributed by atoms with Gasteiger partial charge in [-0.25, -0.2) is 4.98 Å². The van der Waals surface area contributed by atoms with Crippen LogP contribution in [-0.2, 0) is 12.8 Å². The first-order valence-corrected chi connectivity index (χ1v) is 12.5. The van der Waals surface area contributed by atoms with E-state index in [4.69, 9.17) is 18.1 Å². The third-order valence-electron chi connectivity index (χ3n) is 6.18. The molecular formula is C28H24F3NO4S. The molecule has 0 atom stereocenters. The van der Waals surface area contributed by atoms with Crippen molar-refractivity contribution in [3.63, 3.8) is 0 Å². The van der Waals surface area contributed by atoms with E-state index in [1.54, 1.807) is 13.2 Å². The summed E-state index contributed by atoms with van der Waals surface area (Å²) in [6.07, 6.45) is 1.60. The van der Waals surface area contributed by atoms with E-state index in [9.17, 15) is 13.2 Å². The van der Waals surface area contributed by atoms with E-state index in [-0.39, 0.29) is 12.3 Å². The Balaban J connectivity index is 1.71. The van der Waals surface area contributed by atoms with Crippen molar-refractivity contribution in [2.45, 2.75) is 31.7 Å². The van der Waals surface area contributed by atoms with Gasteiger partial charge in [0, 0.05) is 28.1 Å². The molecule has 192 valence electrons. The summed E-state index contributed by atoms with van der Waals surface area (Å²) < 4.78 is 61.6. The number of fused-ring (bicyclic) bond motifs is 4. The molecule has 3 aromatic carbocycles. The molecule has 5 nitrogen and oxygen atoms in total. The number of furan rings is 1. The number of methoxy groups -OCH3 is 2. The van der Waals surface area contributed by atoms with Crippen molar-refractivity contribution < 1.29 is 31.2 Å². The van der Waals surface area contributed by atoms with Crippen LogP contribution in [0.25, 0.3) is 32.7 Å². The Bertz CT molecular complexity index is 1600. The van der Waals surface area contributed by atoms with Gasteiger partial charge in [-0.1, -0.05) is 37.6 Å². The van der Waals surface area contributed by atoms with Gasteiger partial charge in [0.1, 0.15) is 11.2 Å². The smallest absolute Gasteiger partial charge is 0.479 e. The lowest BCUT2D eigenvalue weighted by Gasteiger charge is -2.18. The second-order valence-corrected chi connectivity index (χ2v) is 9.36. The highest BCUT2D eigenvalue weighted by atomic mass is 32.2. The van der Waals surface area contributed by atoms with E-state index in [0.29, 0.717) is 34.6 Å². The van der Waals surface area contributed by atoms with Crippen LogP contribution < -0.4 is 13.7 Å². The van der Waals surface area contributed by atoms with Gasteiger partial charge in [-0.05, 0) is 47.7 Å². The summed E-state index contributed by atoms with van der Waals surface area (Å²) in [4.78, 5) is 4.57. The van der Waals surface area contributed by atoms with E-state index < -0.39 is 17.6 Å². The molecule has 5 rings (SSSR count). The Hall–Kier alpha value is -3.59. The largest absolute Gasteiger partial charge is 0.493 e. The lowest BCUT2D eigenvalue weighted by atomic mass is 9.96. The topological polar surface area (TPSA) is 53.7 Å². The first kappa shape index (κ1) is 25.1. The molecule has 0 aliphatic rings. The van der Waals surface area contributed by atoms with Crippen molar-refractivity contribution in [3.05, 3.63) is 71.4 Å². The predicted octanol–water partition coefficient (Wildman–Crippen LogP) is 8.24. The number of halogens is 3. The number of alkyl halides is 3. The Labute approximate surface area is 215 Å². The SMILES string of the molecule is CCCc1nc(OSC(F)(F)F)c(Cc2ccc3oc4ccccc4c3c2)c2cc(OC)c(OC)cc12. The molecule has 0 N–H and O–H groups in total. The minimum atomic E-state index is -4.58. The molecule has 0 aliphatic heterocycles. The number of nitrogens with zero attached hydrogens (tertiary/aromatic N) is 1. The van der Waals surface area contributed by atoms with Gasteiger partial charge in [-0.15, -0.1) is 0 Å². The summed E-state index contributed by atoms with van der Waals surface area (Å²) in [5.41, 5.74) is -1.03. The molecule has 5 aromatic rings. The molecule has 0 saturated carbocycles. The van der Waals surface area contributed by atoms with Gasteiger partial charge in [-0.2, -0.15) is 13.2 Å². The molecule has 2 aromatic heterocycles. The third-order valence-corrected chi connectivity index (χ3v) is 6.61. The molecule has 37 heavy (non-hydrogen) atoms. The van der Waals surface area contributed by atoms with E-state index >= 15 is 0 Å². The molecular weight excluding hydrogens is 503 g/mol. The number of ether oxygens (including phenoxy) is 2. The lowest BCUT2D eigenvalue weighted by Crippen LogP contribution is -2.07. The molecule has 2 heterocycles. The highest BCUT2D eigenvalue weighted by Gasteiger charge is 2.33. The molecule has 0 amide bonds. The summed E-state index contributed by atoms with van der Waals surface area (Å²) in [7, 11) is 3.06. The number of pyridine rings is 1. The van der Waals surface area contributed by atoms with Crippen LogP contribution >= 0.6 is 12.0 Å². The fourth-order valence-corrected chi connectivity index (χ4v) is 4.89. The average Bonchev–Trinajstić information content (AvgIpc) is 3.26. The van der Waals surface area contributed by atoms with Gasteiger partial charge in [-0.3, -0.25) is 0 Å². The van der Waals surface area contributed by atoms with Gasteiger partial charge in [0.15, 0.2) is 23.5 Å². The van der Waals surface area contributed by atoms with Crippen molar-refractivity contribution in [1.29, 1.82) is 0 Å². The second-order valence-electron chi connectivity index (χ2n) is 8.56. The summed E-state index contributed by atoms with van der Waals surface area (Å²) >= 11 is -0.563. The zero-order valence-corrected chi connectivity index (χ0v) is 21.3. The molecule has 0 aliphatic carbocycles. The Morgan fingerprint density at radius 3 is 2.27 bits per heavy atom. The van der Waals surface area contributed by atoms with E-state index in [0.717, 1.165) is 39.3 Å². The second kappa shape index (κ2) is 10.0. The zero-order valence-electron chi connectivity index (χ0n) is 20.4. The number of aryl methyl sites for hydroxylation is 1. The van der Waals surface area contributed by atoms with Crippen LogP contribution in [0.5, 0.6) is 17.4 Å². The standard InChI is InChI=1S/C28H24F3NO4S/c1-4-7-22-19-15-26(34-3)25(33-2)14-18(19)21(27(32-22)36-37-28(29,30)31)13-16-10-11-24-20(12-16)17-8-5-6-9-23(17)35-24/h5-6,8-12,14-15H,4,7,13H2,1-3H3. The maximum atomic E-state index is 13.1. The summed E-state index contributed by atoms with van der Waals surface area (Å²) in [5, 5.41) is 3.38. The quantitative estimate of drug-likeness (QED) is 0.189. The van der Waals surface area contributed by atoms with Crippen LogP contribution in [-0.4, -0.2) is 24.7 Å². The van der Waals surface area contributed by atoms with Crippen LogP contribution in [0.15, 0.2) is 59.0 Å². The molecule has 9 heteroatoms. The number of hydrogen-bond acceptors (Lipinski definition) is 6. The van der Waals surface area contributed by atoms with Gasteiger partial charge in [0.25, 0.3) is 0 Å². The normalized spacial score (nSPS) is 11.9. The number of para-hydroxylation sites is 1. The molecule has 0 fully saturated rings. The molecule has 0 spiro atoms. The molecule has 0 saturated heterocycles. The van der Waals surface area contributed by atoms with Gasteiger partial charge < -0.3 is 18.1 Å². The minimum Gasteiger partial charge on any atom is -0.493 e. The first-order valence-electron chi connectivity index (χ1n) is 11.7. The highest BCUT2D eigenvalue weighted by molar-refractivity contribution is 7.95. The number of aromatic nitrogens is 1. The lowest BCUT2D eigenvalue weighted by molar-refractivity contribution is -0.0370. The number of benzene rings is 3. The first-order chi connectivity index (χ1) is 17.8. The van der Waals surface area contributed by atoms with Gasteiger partial charge >= 0.3 is 5.51 Å². The van der Waals surface area contributed by atoms with E-state index in [1.165, 1.54) is 7.11 Å². The van der Waals surface area contributed by atoms with Crippen LogP contribution in [0.4, 0.5) is 13.2 Å². The predicted molar refractivity (Wildman–Crippen MR) is 140 cm³/mol. The molecule has 0 bridgehead atoms. The van der Waals surface area contributed by atoms with E-state index in [2.05, 4.69) is 4.98 Å². The fraction of sp³-hybridized carbons (Fsp3) is 0.250. The maximum absolute atomic E-state index is 13.1. The van der Waals surface area contributed by atoms with Crippen molar-refractivity contribution in [2.24, 2.45) is 0 Å². The average molecular weight is 528 g/mol. The van der Waals surface area contributed by atoms with Gasteiger partial charge in [0.05, 0.1) is 19.9 Å². The van der Waals surface area contributed by atoms with Crippen LogP contribution in [0.3, 0.4) is 0 Å².